The maximum atomic E-state index is 11.5. The molecule has 0 atom stereocenters. The fourth-order valence-electron chi connectivity index (χ4n) is 1.31. The van der Waals surface area contributed by atoms with Crippen LogP contribution >= 0.6 is 23.2 Å². The molecule has 0 aliphatic heterocycles. The van der Waals surface area contributed by atoms with E-state index in [0.29, 0.717) is 0 Å². The number of carbonyl (C=O) groups is 1. The predicted octanol–water partition coefficient (Wildman–Crippen LogP) is 3.37. The van der Waals surface area contributed by atoms with E-state index in [1.807, 2.05) is 0 Å². The fraction of sp³-hybridized carbons (Fsp3) is 0.167. The van der Waals surface area contributed by atoms with E-state index in [2.05, 4.69) is 4.74 Å². The summed E-state index contributed by atoms with van der Waals surface area (Å²) < 4.78 is 4.68. The van der Waals surface area contributed by atoms with Crippen molar-refractivity contribution in [3.05, 3.63) is 43.4 Å². The van der Waals surface area contributed by atoms with Crippen molar-refractivity contribution in [3.63, 3.8) is 0 Å². The Morgan fingerprint density at radius 3 is 2.65 bits per heavy atom. The summed E-state index contributed by atoms with van der Waals surface area (Å²) in [6, 6.07) is 3.91. The first-order valence-electron chi connectivity index (χ1n) is 5.33. The molecule has 0 saturated carbocycles. The van der Waals surface area contributed by atoms with E-state index in [4.69, 9.17) is 28.5 Å². The third kappa shape index (κ3) is 3.70. The molecule has 0 aromatic heterocycles. The zero-order valence-corrected chi connectivity index (χ0v) is 11.7. The number of nitriles is 1. The highest BCUT2D eigenvalue weighted by Gasteiger charge is 2.17. The molecular formula is C12H8Cl2N2O4. The summed E-state index contributed by atoms with van der Waals surface area (Å²) in [6.07, 6.45) is 1.11. The topological polar surface area (TPSA) is 93.2 Å². The van der Waals surface area contributed by atoms with Crippen LogP contribution in [0, 0.1) is 21.4 Å². The van der Waals surface area contributed by atoms with Gasteiger partial charge in [0.25, 0.3) is 5.69 Å². The molecule has 0 bridgehead atoms. The van der Waals surface area contributed by atoms with Crippen LogP contribution in [-0.4, -0.2) is 17.5 Å². The monoisotopic (exact) mass is 314 g/mol. The van der Waals surface area contributed by atoms with Crippen molar-refractivity contribution < 1.29 is 14.5 Å². The van der Waals surface area contributed by atoms with Gasteiger partial charge in [-0.1, -0.05) is 23.2 Å². The maximum Gasteiger partial charge on any atom is 0.348 e. The Balaban J connectivity index is 3.32. The van der Waals surface area contributed by atoms with Crippen molar-refractivity contribution in [3.8, 4) is 6.07 Å². The second-order valence-electron chi connectivity index (χ2n) is 3.47. The fourth-order valence-corrected chi connectivity index (χ4v) is 1.81. The van der Waals surface area contributed by atoms with Crippen LogP contribution in [0.4, 0.5) is 5.69 Å². The molecule has 0 radical (unpaired) electrons. The van der Waals surface area contributed by atoms with E-state index in [9.17, 15) is 14.9 Å². The first kappa shape index (κ1) is 16.0. The molecule has 1 aromatic rings. The van der Waals surface area contributed by atoms with Gasteiger partial charge in [-0.15, -0.1) is 0 Å². The molecule has 0 amide bonds. The van der Waals surface area contributed by atoms with Crippen molar-refractivity contribution in [2.45, 2.75) is 6.92 Å². The van der Waals surface area contributed by atoms with Crippen LogP contribution in [-0.2, 0) is 9.53 Å². The van der Waals surface area contributed by atoms with Crippen molar-refractivity contribution >= 4 is 40.9 Å². The van der Waals surface area contributed by atoms with Gasteiger partial charge in [0, 0.05) is 16.7 Å². The lowest BCUT2D eigenvalue weighted by Crippen LogP contribution is -2.06. The van der Waals surface area contributed by atoms with Crippen molar-refractivity contribution in [1.29, 1.82) is 5.26 Å². The number of rotatable bonds is 4. The van der Waals surface area contributed by atoms with Crippen LogP contribution in [0.1, 0.15) is 12.5 Å². The molecule has 20 heavy (non-hydrogen) atoms. The van der Waals surface area contributed by atoms with Gasteiger partial charge in [0.2, 0.25) is 0 Å². The van der Waals surface area contributed by atoms with Crippen LogP contribution in [0.15, 0.2) is 17.7 Å². The summed E-state index contributed by atoms with van der Waals surface area (Å²) in [4.78, 5) is 21.5. The number of hydrogen-bond donors (Lipinski definition) is 0. The Morgan fingerprint density at radius 2 is 2.15 bits per heavy atom. The predicted molar refractivity (Wildman–Crippen MR) is 73.3 cm³/mol. The number of nitro benzene ring substituents is 1. The number of halogens is 2. The molecular weight excluding hydrogens is 307 g/mol. The largest absolute Gasteiger partial charge is 0.462 e. The molecule has 0 N–H and O–H groups in total. The minimum Gasteiger partial charge on any atom is -0.462 e. The minimum absolute atomic E-state index is 0.0812. The van der Waals surface area contributed by atoms with E-state index in [-0.39, 0.29) is 33.5 Å². The SMILES string of the molecule is CCOC(=O)/C(C#N)=C/c1cc([N+](=O)[O-])c(Cl)cc1Cl. The second-order valence-corrected chi connectivity index (χ2v) is 4.29. The average molecular weight is 315 g/mol. The van der Waals surface area contributed by atoms with Gasteiger partial charge in [0.05, 0.1) is 11.5 Å². The first-order chi connectivity index (χ1) is 9.40. The summed E-state index contributed by atoms with van der Waals surface area (Å²) >= 11 is 11.6. The summed E-state index contributed by atoms with van der Waals surface area (Å²) in [5.74, 6) is -0.830. The highest BCUT2D eigenvalue weighted by Crippen LogP contribution is 2.32. The zero-order valence-electron chi connectivity index (χ0n) is 10.2. The Labute approximate surface area is 124 Å². The Kier molecular flexibility index (Phi) is 5.50. The lowest BCUT2D eigenvalue weighted by atomic mass is 10.1. The lowest BCUT2D eigenvalue weighted by Gasteiger charge is -2.03. The third-order valence-corrected chi connectivity index (χ3v) is 2.81. The van der Waals surface area contributed by atoms with Crippen molar-refractivity contribution in [2.75, 3.05) is 6.61 Å². The summed E-state index contributed by atoms with van der Waals surface area (Å²) in [5.41, 5.74) is -0.554. The molecule has 0 fully saturated rings. The van der Waals surface area contributed by atoms with Gasteiger partial charge in [-0.2, -0.15) is 5.26 Å². The van der Waals surface area contributed by atoms with E-state index in [1.165, 1.54) is 6.07 Å². The van der Waals surface area contributed by atoms with Crippen molar-refractivity contribution in [2.24, 2.45) is 0 Å². The van der Waals surface area contributed by atoms with Gasteiger partial charge >= 0.3 is 5.97 Å². The highest BCUT2D eigenvalue weighted by atomic mass is 35.5. The number of nitrogens with zero attached hydrogens (tertiary/aromatic N) is 2. The molecule has 1 rings (SSSR count). The van der Waals surface area contributed by atoms with Gasteiger partial charge in [-0.05, 0) is 19.1 Å². The zero-order chi connectivity index (χ0) is 15.3. The van der Waals surface area contributed by atoms with Gasteiger partial charge in [-0.3, -0.25) is 10.1 Å². The van der Waals surface area contributed by atoms with Crippen LogP contribution in [0.3, 0.4) is 0 Å². The molecule has 104 valence electrons. The van der Waals surface area contributed by atoms with Crippen LogP contribution in [0.25, 0.3) is 6.08 Å². The summed E-state index contributed by atoms with van der Waals surface area (Å²) in [5, 5.41) is 19.6. The van der Waals surface area contributed by atoms with Crippen molar-refractivity contribution in [1.82, 2.24) is 0 Å². The summed E-state index contributed by atoms with van der Waals surface area (Å²) in [7, 11) is 0. The molecule has 0 heterocycles. The molecule has 0 spiro atoms. The number of hydrogen-bond acceptors (Lipinski definition) is 5. The molecule has 8 heteroatoms. The number of nitro groups is 1. The molecule has 1 aromatic carbocycles. The number of esters is 1. The maximum absolute atomic E-state index is 11.5. The quantitative estimate of drug-likeness (QED) is 0.279. The second kappa shape index (κ2) is 6.89. The first-order valence-corrected chi connectivity index (χ1v) is 6.08. The minimum atomic E-state index is -0.830. The lowest BCUT2D eigenvalue weighted by molar-refractivity contribution is -0.384. The van der Waals surface area contributed by atoms with Gasteiger partial charge < -0.3 is 4.74 Å². The highest BCUT2D eigenvalue weighted by molar-refractivity contribution is 6.36. The molecule has 6 nitrogen and oxygen atoms in total. The van der Waals surface area contributed by atoms with Gasteiger partial charge in [-0.25, -0.2) is 4.79 Å². The Hall–Kier alpha value is -2.10. The molecule has 0 saturated heterocycles. The Morgan fingerprint density at radius 1 is 1.50 bits per heavy atom. The summed E-state index contributed by atoms with van der Waals surface area (Å²) in [6.45, 7) is 1.69. The normalized spacial score (nSPS) is 10.8. The average Bonchev–Trinajstić information content (AvgIpc) is 2.37. The number of benzene rings is 1. The van der Waals surface area contributed by atoms with E-state index in [1.54, 1.807) is 13.0 Å². The Bertz CT molecular complexity index is 635. The number of carbonyl (C=O) groups excluding carboxylic acids is 1. The standard InChI is InChI=1S/C12H8Cl2N2O4/c1-2-20-12(17)8(6-15)3-7-4-11(16(18)19)10(14)5-9(7)13/h3-5H,2H2,1H3/b8-3+. The number of ether oxygens (including phenoxy) is 1. The molecule has 0 unspecified atom stereocenters. The molecule has 0 aliphatic rings. The van der Waals surface area contributed by atoms with E-state index < -0.39 is 10.9 Å². The van der Waals surface area contributed by atoms with Gasteiger partial charge in [0.15, 0.2) is 0 Å². The van der Waals surface area contributed by atoms with Crippen LogP contribution in [0.2, 0.25) is 10.0 Å². The third-order valence-electron chi connectivity index (χ3n) is 2.18. The molecule has 0 aliphatic carbocycles. The smallest absolute Gasteiger partial charge is 0.348 e. The van der Waals surface area contributed by atoms with E-state index in [0.717, 1.165) is 12.1 Å². The van der Waals surface area contributed by atoms with Crippen LogP contribution in [0.5, 0.6) is 0 Å². The van der Waals surface area contributed by atoms with Gasteiger partial charge in [0.1, 0.15) is 16.7 Å². The van der Waals surface area contributed by atoms with Crippen LogP contribution < -0.4 is 0 Å². The van der Waals surface area contributed by atoms with E-state index >= 15 is 0 Å².